The second-order valence-corrected chi connectivity index (χ2v) is 5.28. The van der Waals surface area contributed by atoms with Gasteiger partial charge in [0.1, 0.15) is 17.2 Å². The van der Waals surface area contributed by atoms with Gasteiger partial charge in [-0.15, -0.1) is 0 Å². The highest BCUT2D eigenvalue weighted by Gasteiger charge is 2.38. The molecule has 0 saturated carbocycles. The van der Waals surface area contributed by atoms with Crippen LogP contribution in [0.4, 0.5) is 4.39 Å². The molecule has 1 aliphatic heterocycles. The predicted octanol–water partition coefficient (Wildman–Crippen LogP) is 3.95. The maximum absolute atomic E-state index is 13.2. The average Bonchev–Trinajstić information content (AvgIpc) is 2.31. The summed E-state index contributed by atoms with van der Waals surface area (Å²) in [6.45, 7) is 4.32. The van der Waals surface area contributed by atoms with Gasteiger partial charge in [0.25, 0.3) is 0 Å². The molecule has 100 valence electrons. The minimum Gasteiger partial charge on any atom is -0.487 e. The minimum atomic E-state index is -0.244. The number of benzene rings is 1. The van der Waals surface area contributed by atoms with Gasteiger partial charge in [-0.05, 0) is 31.0 Å². The van der Waals surface area contributed by atoms with Crippen LogP contribution in [0.5, 0.6) is 5.75 Å². The second-order valence-electron chi connectivity index (χ2n) is 5.28. The van der Waals surface area contributed by atoms with E-state index in [9.17, 15) is 4.39 Å². The Balaban J connectivity index is 2.32. The van der Waals surface area contributed by atoms with Gasteiger partial charge < -0.3 is 10.5 Å². The van der Waals surface area contributed by atoms with Crippen LogP contribution in [0, 0.1) is 5.82 Å². The van der Waals surface area contributed by atoms with Crippen LogP contribution in [-0.2, 0) is 0 Å². The minimum absolute atomic E-state index is 0.123. The van der Waals surface area contributed by atoms with Gasteiger partial charge >= 0.3 is 0 Å². The molecule has 1 aromatic carbocycles. The number of hydrogen-bond donors (Lipinski definition) is 1. The Morgan fingerprint density at radius 2 is 2.00 bits per heavy atom. The summed E-state index contributed by atoms with van der Waals surface area (Å²) in [6, 6.07) is 4.54. The fourth-order valence-corrected chi connectivity index (χ4v) is 3.03. The molecular weight excluding hydrogens is 229 g/mol. The number of hydrogen-bond acceptors (Lipinski definition) is 2. The predicted molar refractivity (Wildman–Crippen MR) is 71.1 cm³/mol. The third-order valence-corrected chi connectivity index (χ3v) is 3.70. The molecular formula is C15H22FNO. The van der Waals surface area contributed by atoms with E-state index in [2.05, 4.69) is 13.8 Å². The largest absolute Gasteiger partial charge is 0.487 e. The standard InChI is InChI=1S/C15H22FNO/c1-3-7-15(8-4-2)10-13(17)12-9-11(16)5-6-14(12)18-15/h5-6,9,13H,3-4,7-8,10,17H2,1-2H3/t13-/m1/s1. The van der Waals surface area contributed by atoms with Gasteiger partial charge in [0.05, 0.1) is 0 Å². The van der Waals surface area contributed by atoms with Crippen molar-refractivity contribution in [1.82, 2.24) is 0 Å². The zero-order chi connectivity index (χ0) is 13.2. The van der Waals surface area contributed by atoms with E-state index in [1.807, 2.05) is 0 Å². The van der Waals surface area contributed by atoms with Crippen LogP contribution in [0.15, 0.2) is 18.2 Å². The summed E-state index contributed by atoms with van der Waals surface area (Å²) in [5.41, 5.74) is 6.85. The van der Waals surface area contributed by atoms with Gasteiger partial charge in [0, 0.05) is 18.0 Å². The van der Waals surface area contributed by atoms with Gasteiger partial charge in [0.2, 0.25) is 0 Å². The zero-order valence-electron chi connectivity index (χ0n) is 11.2. The molecule has 1 aliphatic rings. The van der Waals surface area contributed by atoms with Crippen molar-refractivity contribution in [2.45, 2.75) is 57.6 Å². The quantitative estimate of drug-likeness (QED) is 0.879. The number of rotatable bonds is 4. The Kier molecular flexibility index (Phi) is 3.91. The van der Waals surface area contributed by atoms with Crippen molar-refractivity contribution in [3.63, 3.8) is 0 Å². The molecule has 2 N–H and O–H groups in total. The fourth-order valence-electron chi connectivity index (χ4n) is 3.03. The van der Waals surface area contributed by atoms with Crippen molar-refractivity contribution in [2.24, 2.45) is 5.73 Å². The maximum atomic E-state index is 13.2. The molecule has 1 atom stereocenters. The Morgan fingerprint density at radius 3 is 2.61 bits per heavy atom. The number of fused-ring (bicyclic) bond motifs is 1. The lowest BCUT2D eigenvalue weighted by molar-refractivity contribution is 0.0178. The van der Waals surface area contributed by atoms with Crippen LogP contribution in [0.2, 0.25) is 0 Å². The molecule has 0 unspecified atom stereocenters. The monoisotopic (exact) mass is 251 g/mol. The molecule has 1 heterocycles. The molecule has 0 spiro atoms. The van der Waals surface area contributed by atoms with Crippen molar-refractivity contribution < 1.29 is 9.13 Å². The van der Waals surface area contributed by atoms with Crippen LogP contribution >= 0.6 is 0 Å². The molecule has 0 amide bonds. The number of halogens is 1. The van der Waals surface area contributed by atoms with Gasteiger partial charge in [-0.1, -0.05) is 26.7 Å². The molecule has 3 heteroatoms. The lowest BCUT2D eigenvalue weighted by atomic mass is 9.81. The molecule has 0 aromatic heterocycles. The molecule has 1 aromatic rings. The summed E-state index contributed by atoms with van der Waals surface area (Å²) in [7, 11) is 0. The lowest BCUT2D eigenvalue weighted by Crippen LogP contribution is -2.42. The number of nitrogens with two attached hydrogens (primary N) is 1. The molecule has 0 saturated heterocycles. The average molecular weight is 251 g/mol. The van der Waals surface area contributed by atoms with E-state index in [-0.39, 0.29) is 17.5 Å². The van der Waals surface area contributed by atoms with Crippen molar-refractivity contribution in [1.29, 1.82) is 0 Å². The van der Waals surface area contributed by atoms with E-state index in [4.69, 9.17) is 10.5 Å². The SMILES string of the molecule is CCCC1(CCC)C[C@@H](N)c2cc(F)ccc2O1. The van der Waals surface area contributed by atoms with Crippen LogP contribution in [0.3, 0.4) is 0 Å². The van der Waals surface area contributed by atoms with Crippen LogP contribution in [-0.4, -0.2) is 5.60 Å². The molecule has 0 radical (unpaired) electrons. The Bertz CT molecular complexity index is 413. The molecule has 0 aliphatic carbocycles. The highest BCUT2D eigenvalue weighted by molar-refractivity contribution is 5.39. The highest BCUT2D eigenvalue weighted by Crippen LogP contribution is 2.42. The first-order chi connectivity index (χ1) is 8.60. The Morgan fingerprint density at radius 1 is 1.33 bits per heavy atom. The fraction of sp³-hybridized carbons (Fsp3) is 0.600. The lowest BCUT2D eigenvalue weighted by Gasteiger charge is -2.41. The summed E-state index contributed by atoms with van der Waals surface area (Å²) in [6.07, 6.45) is 4.94. The van der Waals surface area contributed by atoms with Crippen molar-refractivity contribution >= 4 is 0 Å². The van der Waals surface area contributed by atoms with E-state index in [0.29, 0.717) is 0 Å². The Labute approximate surface area is 108 Å². The zero-order valence-corrected chi connectivity index (χ0v) is 11.2. The molecule has 0 fully saturated rings. The summed E-state index contributed by atoms with van der Waals surface area (Å²) in [5.74, 6) is 0.517. The van der Waals surface area contributed by atoms with E-state index in [1.54, 1.807) is 6.07 Å². The second kappa shape index (κ2) is 5.27. The van der Waals surface area contributed by atoms with Crippen molar-refractivity contribution in [3.05, 3.63) is 29.6 Å². The van der Waals surface area contributed by atoms with Gasteiger partial charge in [-0.3, -0.25) is 0 Å². The van der Waals surface area contributed by atoms with Crippen LogP contribution < -0.4 is 10.5 Å². The first kappa shape index (κ1) is 13.3. The van der Waals surface area contributed by atoms with Crippen molar-refractivity contribution in [2.75, 3.05) is 0 Å². The summed E-state index contributed by atoms with van der Waals surface area (Å²) < 4.78 is 19.4. The first-order valence-corrected chi connectivity index (χ1v) is 6.84. The van der Waals surface area contributed by atoms with Gasteiger partial charge in [0.15, 0.2) is 0 Å². The smallest absolute Gasteiger partial charge is 0.125 e. The van der Waals surface area contributed by atoms with Crippen molar-refractivity contribution in [3.8, 4) is 5.75 Å². The summed E-state index contributed by atoms with van der Waals surface area (Å²) in [4.78, 5) is 0. The summed E-state index contributed by atoms with van der Waals surface area (Å²) >= 11 is 0. The van der Waals surface area contributed by atoms with E-state index in [1.165, 1.54) is 12.1 Å². The third kappa shape index (κ3) is 2.51. The molecule has 18 heavy (non-hydrogen) atoms. The topological polar surface area (TPSA) is 35.2 Å². The first-order valence-electron chi connectivity index (χ1n) is 6.84. The van der Waals surface area contributed by atoms with Gasteiger partial charge in [-0.25, -0.2) is 4.39 Å². The maximum Gasteiger partial charge on any atom is 0.125 e. The molecule has 2 nitrogen and oxygen atoms in total. The van der Waals surface area contributed by atoms with E-state index in [0.717, 1.165) is 43.4 Å². The van der Waals surface area contributed by atoms with Crippen LogP contribution in [0.25, 0.3) is 0 Å². The Hall–Kier alpha value is -1.09. The van der Waals surface area contributed by atoms with Crippen LogP contribution in [0.1, 0.15) is 57.6 Å². The van der Waals surface area contributed by atoms with Gasteiger partial charge in [-0.2, -0.15) is 0 Å². The normalized spacial score (nSPS) is 21.2. The number of ether oxygens (including phenoxy) is 1. The molecule has 0 bridgehead atoms. The summed E-state index contributed by atoms with van der Waals surface area (Å²) in [5, 5.41) is 0. The van der Waals surface area contributed by atoms with E-state index < -0.39 is 0 Å². The third-order valence-electron chi connectivity index (χ3n) is 3.70. The molecule has 2 rings (SSSR count). The van der Waals surface area contributed by atoms with E-state index >= 15 is 0 Å². The highest BCUT2D eigenvalue weighted by atomic mass is 19.1.